The Morgan fingerprint density at radius 2 is 2.00 bits per heavy atom. The molecule has 1 aromatic heterocycles. The summed E-state index contributed by atoms with van der Waals surface area (Å²) in [6.07, 6.45) is 1.03. The molecule has 0 aliphatic carbocycles. The van der Waals surface area contributed by atoms with Gasteiger partial charge in [0, 0.05) is 22.5 Å². The van der Waals surface area contributed by atoms with Crippen LogP contribution in [0.2, 0.25) is 5.02 Å². The molecule has 3 N–H and O–H groups in total. The van der Waals surface area contributed by atoms with E-state index in [0.29, 0.717) is 0 Å². The number of benzene rings is 1. The molecule has 0 bridgehead atoms. The third kappa shape index (κ3) is 4.29. The third-order valence-corrected chi connectivity index (χ3v) is 3.49. The van der Waals surface area contributed by atoms with E-state index < -0.39 is 0 Å². The number of nitrogen functional groups attached to an aromatic ring is 1. The number of nitrogens with zero attached hydrogens (tertiary/aromatic N) is 2. The molecule has 2 aromatic rings. The molecule has 0 aliphatic rings. The average Bonchev–Trinajstić information content (AvgIpc) is 2.38. The zero-order valence-electron chi connectivity index (χ0n) is 10.6. The maximum Gasteiger partial charge on any atom is 0.223 e. The molecule has 0 radical (unpaired) electrons. The van der Waals surface area contributed by atoms with Gasteiger partial charge < -0.3 is 11.1 Å². The van der Waals surface area contributed by atoms with Gasteiger partial charge in [-0.2, -0.15) is 4.98 Å². The Kier molecular flexibility index (Phi) is 4.87. The fourth-order valence-electron chi connectivity index (χ4n) is 1.46. The second-order valence-corrected chi connectivity index (χ2v) is 5.46. The molecular weight excluding hydrogens is 280 g/mol. The van der Waals surface area contributed by atoms with Crippen LogP contribution in [0.4, 0.5) is 11.8 Å². The van der Waals surface area contributed by atoms with Gasteiger partial charge in [-0.15, -0.1) is 0 Å². The summed E-state index contributed by atoms with van der Waals surface area (Å²) in [6.45, 7) is 2.96. The van der Waals surface area contributed by atoms with Crippen molar-refractivity contribution in [2.24, 2.45) is 0 Å². The van der Waals surface area contributed by atoms with Gasteiger partial charge in [0.1, 0.15) is 10.8 Å². The first kappa shape index (κ1) is 14.0. The predicted molar refractivity (Wildman–Crippen MR) is 80.8 cm³/mol. The van der Waals surface area contributed by atoms with Crippen LogP contribution in [0.25, 0.3) is 0 Å². The van der Waals surface area contributed by atoms with E-state index in [2.05, 4.69) is 22.2 Å². The van der Waals surface area contributed by atoms with E-state index in [-0.39, 0.29) is 5.95 Å². The molecule has 0 fully saturated rings. The van der Waals surface area contributed by atoms with Crippen molar-refractivity contribution in [1.29, 1.82) is 0 Å². The van der Waals surface area contributed by atoms with Crippen LogP contribution in [0.5, 0.6) is 0 Å². The highest BCUT2D eigenvalue weighted by Gasteiger charge is 2.04. The van der Waals surface area contributed by atoms with Gasteiger partial charge in [-0.1, -0.05) is 30.3 Å². The smallest absolute Gasteiger partial charge is 0.223 e. The van der Waals surface area contributed by atoms with Crippen LogP contribution < -0.4 is 11.1 Å². The SMILES string of the molecule is CCCNc1cc(Sc2ccc(Cl)cc2)nc(N)n1. The van der Waals surface area contributed by atoms with Crippen molar-refractivity contribution in [2.75, 3.05) is 17.6 Å². The minimum Gasteiger partial charge on any atom is -0.370 e. The summed E-state index contributed by atoms with van der Waals surface area (Å²) in [5, 5.41) is 4.74. The molecule has 0 unspecified atom stereocenters. The second kappa shape index (κ2) is 6.63. The summed E-state index contributed by atoms with van der Waals surface area (Å²) in [4.78, 5) is 9.42. The molecule has 6 heteroatoms. The molecule has 0 atom stereocenters. The van der Waals surface area contributed by atoms with Crippen molar-refractivity contribution < 1.29 is 0 Å². The first-order valence-corrected chi connectivity index (χ1v) is 7.18. The number of aromatic nitrogens is 2. The van der Waals surface area contributed by atoms with Crippen molar-refractivity contribution in [3.05, 3.63) is 35.4 Å². The maximum absolute atomic E-state index is 5.86. The second-order valence-electron chi connectivity index (χ2n) is 3.93. The van der Waals surface area contributed by atoms with E-state index in [0.717, 1.165) is 33.7 Å². The fourth-order valence-corrected chi connectivity index (χ4v) is 2.41. The van der Waals surface area contributed by atoms with E-state index in [4.69, 9.17) is 17.3 Å². The Labute approximate surface area is 121 Å². The summed E-state index contributed by atoms with van der Waals surface area (Å²) in [5.41, 5.74) is 5.71. The van der Waals surface area contributed by atoms with Gasteiger partial charge >= 0.3 is 0 Å². The Morgan fingerprint density at radius 1 is 1.26 bits per heavy atom. The van der Waals surface area contributed by atoms with Crippen LogP contribution in [0.15, 0.2) is 40.3 Å². The highest BCUT2D eigenvalue weighted by Crippen LogP contribution is 2.28. The standard InChI is InChI=1S/C13H15ClN4S/c1-2-7-16-11-8-12(18-13(15)17-11)19-10-5-3-9(14)4-6-10/h3-6,8H,2,7H2,1H3,(H3,15,16,17,18). The molecule has 19 heavy (non-hydrogen) atoms. The van der Waals surface area contributed by atoms with E-state index in [1.54, 1.807) is 0 Å². The van der Waals surface area contributed by atoms with Crippen molar-refractivity contribution in [2.45, 2.75) is 23.3 Å². The van der Waals surface area contributed by atoms with E-state index >= 15 is 0 Å². The maximum atomic E-state index is 5.86. The van der Waals surface area contributed by atoms with Gasteiger partial charge in [0.05, 0.1) is 0 Å². The van der Waals surface area contributed by atoms with Crippen LogP contribution in [0.1, 0.15) is 13.3 Å². The highest BCUT2D eigenvalue weighted by molar-refractivity contribution is 7.99. The molecule has 0 saturated heterocycles. The number of rotatable bonds is 5. The minimum absolute atomic E-state index is 0.276. The lowest BCUT2D eigenvalue weighted by molar-refractivity contribution is 0.957. The summed E-state index contributed by atoms with van der Waals surface area (Å²) in [5.74, 6) is 1.03. The van der Waals surface area contributed by atoms with E-state index in [9.17, 15) is 0 Å². The van der Waals surface area contributed by atoms with Crippen LogP contribution in [-0.2, 0) is 0 Å². The molecule has 2 rings (SSSR count). The monoisotopic (exact) mass is 294 g/mol. The van der Waals surface area contributed by atoms with Crippen molar-refractivity contribution in [3.63, 3.8) is 0 Å². The van der Waals surface area contributed by atoms with Crippen LogP contribution in [-0.4, -0.2) is 16.5 Å². The Balaban J connectivity index is 2.15. The van der Waals surface area contributed by atoms with Gasteiger partial charge in [0.15, 0.2) is 0 Å². The summed E-state index contributed by atoms with van der Waals surface area (Å²) < 4.78 is 0. The topological polar surface area (TPSA) is 63.8 Å². The minimum atomic E-state index is 0.276. The molecule has 1 heterocycles. The molecule has 0 amide bonds. The molecule has 100 valence electrons. The number of hydrogen-bond donors (Lipinski definition) is 2. The van der Waals surface area contributed by atoms with E-state index in [1.165, 1.54) is 11.8 Å². The van der Waals surface area contributed by atoms with Crippen LogP contribution in [0, 0.1) is 0 Å². The zero-order chi connectivity index (χ0) is 13.7. The number of nitrogens with two attached hydrogens (primary N) is 1. The molecular formula is C13H15ClN4S. The van der Waals surface area contributed by atoms with Gasteiger partial charge in [-0.05, 0) is 30.7 Å². The number of halogens is 1. The molecule has 0 spiro atoms. The summed E-state index contributed by atoms with van der Waals surface area (Å²) >= 11 is 7.39. The van der Waals surface area contributed by atoms with Gasteiger partial charge in [0.25, 0.3) is 0 Å². The van der Waals surface area contributed by atoms with E-state index in [1.807, 2.05) is 30.3 Å². The highest BCUT2D eigenvalue weighted by atomic mass is 35.5. The number of nitrogens with one attached hydrogen (secondary N) is 1. The third-order valence-electron chi connectivity index (χ3n) is 2.31. The van der Waals surface area contributed by atoms with Gasteiger partial charge in [-0.3, -0.25) is 0 Å². The largest absolute Gasteiger partial charge is 0.370 e. The normalized spacial score (nSPS) is 10.4. The molecule has 0 saturated carbocycles. The van der Waals surface area contributed by atoms with Crippen molar-refractivity contribution >= 4 is 35.1 Å². The Hall–Kier alpha value is -1.46. The van der Waals surface area contributed by atoms with Crippen LogP contribution in [0.3, 0.4) is 0 Å². The lowest BCUT2D eigenvalue weighted by atomic mass is 10.4. The van der Waals surface area contributed by atoms with Gasteiger partial charge in [-0.25, -0.2) is 4.98 Å². The number of anilines is 2. The lowest BCUT2D eigenvalue weighted by Gasteiger charge is -2.07. The first-order valence-electron chi connectivity index (χ1n) is 5.99. The first-order chi connectivity index (χ1) is 9.17. The summed E-state index contributed by atoms with van der Waals surface area (Å²) in [6, 6.07) is 9.50. The van der Waals surface area contributed by atoms with Crippen molar-refractivity contribution in [3.8, 4) is 0 Å². The molecule has 1 aromatic carbocycles. The van der Waals surface area contributed by atoms with Crippen molar-refractivity contribution in [1.82, 2.24) is 9.97 Å². The lowest BCUT2D eigenvalue weighted by Crippen LogP contribution is -2.05. The Morgan fingerprint density at radius 3 is 2.68 bits per heavy atom. The predicted octanol–water partition coefficient (Wildman–Crippen LogP) is 3.69. The fraction of sp³-hybridized carbons (Fsp3) is 0.231. The average molecular weight is 295 g/mol. The van der Waals surface area contributed by atoms with Crippen LogP contribution >= 0.6 is 23.4 Å². The zero-order valence-corrected chi connectivity index (χ0v) is 12.1. The number of hydrogen-bond acceptors (Lipinski definition) is 5. The molecule has 4 nitrogen and oxygen atoms in total. The quantitative estimate of drug-likeness (QED) is 0.824. The summed E-state index contributed by atoms with van der Waals surface area (Å²) in [7, 11) is 0. The van der Waals surface area contributed by atoms with Gasteiger partial charge in [0.2, 0.25) is 5.95 Å². The Bertz CT molecular complexity index is 545. The molecule has 0 aliphatic heterocycles.